The van der Waals surface area contributed by atoms with Gasteiger partial charge in [0.1, 0.15) is 5.82 Å². The highest BCUT2D eigenvalue weighted by Gasteiger charge is 2.28. The Morgan fingerprint density at radius 2 is 1.68 bits per heavy atom. The van der Waals surface area contributed by atoms with Crippen molar-refractivity contribution in [2.24, 2.45) is 0 Å². The molecular weight excluding hydrogens is 357 g/mol. The highest BCUT2D eigenvalue weighted by Crippen LogP contribution is 2.30. The fraction of sp³-hybridized carbons (Fsp3) is 0.318. The number of amides is 1. The first kappa shape index (κ1) is 18.3. The first-order chi connectivity index (χ1) is 13.5. The van der Waals surface area contributed by atoms with Gasteiger partial charge in [-0.15, -0.1) is 10.2 Å². The summed E-state index contributed by atoms with van der Waals surface area (Å²) in [4.78, 5) is 14.7. The fourth-order valence-electron chi connectivity index (χ4n) is 3.72. The number of piperidine rings is 1. The van der Waals surface area contributed by atoms with Crippen molar-refractivity contribution < 1.29 is 13.6 Å². The molecule has 1 saturated heterocycles. The first-order valence-corrected chi connectivity index (χ1v) is 9.46. The molecule has 5 nitrogen and oxygen atoms in total. The van der Waals surface area contributed by atoms with E-state index in [1.54, 1.807) is 12.1 Å². The van der Waals surface area contributed by atoms with Gasteiger partial charge in [-0.05, 0) is 63.1 Å². The molecule has 0 atom stereocenters. The Bertz CT molecular complexity index is 969. The summed E-state index contributed by atoms with van der Waals surface area (Å²) < 4.78 is 18.9. The van der Waals surface area contributed by atoms with Crippen molar-refractivity contribution >= 4 is 5.91 Å². The molecule has 1 fully saturated rings. The molecule has 0 spiro atoms. The fourth-order valence-corrected chi connectivity index (χ4v) is 3.72. The third kappa shape index (κ3) is 3.81. The van der Waals surface area contributed by atoms with Crippen LogP contribution in [0.3, 0.4) is 0 Å². The smallest absolute Gasteiger partial charge is 0.253 e. The second kappa shape index (κ2) is 7.54. The van der Waals surface area contributed by atoms with E-state index in [9.17, 15) is 9.18 Å². The average Bonchev–Trinajstić information content (AvgIpc) is 3.17. The lowest BCUT2D eigenvalue weighted by atomic mass is 9.96. The van der Waals surface area contributed by atoms with Crippen LogP contribution in [0.2, 0.25) is 0 Å². The Kier molecular flexibility index (Phi) is 4.94. The van der Waals surface area contributed by atoms with E-state index in [1.807, 2.05) is 30.9 Å². The summed E-state index contributed by atoms with van der Waals surface area (Å²) >= 11 is 0. The third-order valence-electron chi connectivity index (χ3n) is 5.13. The number of halogens is 1. The number of carbonyl (C=O) groups excluding carboxylic acids is 1. The lowest BCUT2D eigenvalue weighted by Gasteiger charge is -2.30. The van der Waals surface area contributed by atoms with Crippen LogP contribution in [-0.4, -0.2) is 34.1 Å². The molecule has 2 heterocycles. The Morgan fingerprint density at radius 1 is 1.04 bits per heavy atom. The van der Waals surface area contributed by atoms with Gasteiger partial charge < -0.3 is 9.32 Å². The summed E-state index contributed by atoms with van der Waals surface area (Å²) in [6.45, 7) is 5.32. The van der Waals surface area contributed by atoms with Crippen LogP contribution in [0.1, 0.15) is 46.1 Å². The molecule has 6 heteroatoms. The van der Waals surface area contributed by atoms with Gasteiger partial charge in [-0.25, -0.2) is 4.39 Å². The zero-order valence-electron chi connectivity index (χ0n) is 16.0. The number of aromatic nitrogens is 2. The van der Waals surface area contributed by atoms with Crippen LogP contribution in [0.15, 0.2) is 46.9 Å². The van der Waals surface area contributed by atoms with E-state index in [1.165, 1.54) is 12.1 Å². The SMILES string of the molecule is Cc1cc(C)cc(C(=O)N2CCC(c3nnc(-c4ccc(F)cc4)o3)CC2)c1. The predicted octanol–water partition coefficient (Wildman–Crippen LogP) is 4.51. The number of benzene rings is 2. The van der Waals surface area contributed by atoms with Crippen LogP contribution in [0.25, 0.3) is 11.5 Å². The zero-order chi connectivity index (χ0) is 19.7. The molecule has 1 aliphatic rings. The second-order valence-electron chi connectivity index (χ2n) is 7.40. The number of hydrogen-bond acceptors (Lipinski definition) is 4. The van der Waals surface area contributed by atoms with Crippen molar-refractivity contribution in [1.82, 2.24) is 15.1 Å². The van der Waals surface area contributed by atoms with Crippen LogP contribution in [0.4, 0.5) is 4.39 Å². The molecule has 0 bridgehead atoms. The topological polar surface area (TPSA) is 59.2 Å². The molecule has 2 aromatic carbocycles. The largest absolute Gasteiger partial charge is 0.420 e. The molecule has 4 rings (SSSR count). The summed E-state index contributed by atoms with van der Waals surface area (Å²) in [5.41, 5.74) is 3.63. The molecule has 1 aromatic heterocycles. The van der Waals surface area contributed by atoms with E-state index in [2.05, 4.69) is 16.3 Å². The summed E-state index contributed by atoms with van der Waals surface area (Å²) in [6.07, 6.45) is 1.56. The Balaban J connectivity index is 1.41. The van der Waals surface area contributed by atoms with Gasteiger partial charge in [0.05, 0.1) is 0 Å². The number of carbonyl (C=O) groups is 1. The van der Waals surface area contributed by atoms with Gasteiger partial charge in [0.15, 0.2) is 0 Å². The summed E-state index contributed by atoms with van der Waals surface area (Å²) in [6, 6.07) is 11.9. The lowest BCUT2D eigenvalue weighted by molar-refractivity contribution is 0.0706. The Labute approximate surface area is 163 Å². The van der Waals surface area contributed by atoms with Gasteiger partial charge in [0.25, 0.3) is 5.91 Å². The van der Waals surface area contributed by atoms with E-state index < -0.39 is 0 Å². The molecule has 144 valence electrons. The summed E-state index contributed by atoms with van der Waals surface area (Å²) in [5, 5.41) is 8.27. The maximum absolute atomic E-state index is 13.1. The average molecular weight is 379 g/mol. The molecule has 0 unspecified atom stereocenters. The molecule has 0 N–H and O–H groups in total. The molecule has 0 radical (unpaired) electrons. The molecular formula is C22H22FN3O2. The predicted molar refractivity (Wildman–Crippen MR) is 103 cm³/mol. The van der Waals surface area contributed by atoms with E-state index in [-0.39, 0.29) is 17.6 Å². The van der Waals surface area contributed by atoms with Crippen molar-refractivity contribution in [1.29, 1.82) is 0 Å². The van der Waals surface area contributed by atoms with Crippen molar-refractivity contribution in [3.8, 4) is 11.5 Å². The second-order valence-corrected chi connectivity index (χ2v) is 7.40. The molecule has 0 aliphatic carbocycles. The molecule has 1 amide bonds. The van der Waals surface area contributed by atoms with E-state index in [4.69, 9.17) is 4.42 Å². The van der Waals surface area contributed by atoms with Crippen LogP contribution < -0.4 is 0 Å². The minimum Gasteiger partial charge on any atom is -0.420 e. The van der Waals surface area contributed by atoms with Crippen molar-refractivity contribution in [3.63, 3.8) is 0 Å². The van der Waals surface area contributed by atoms with Crippen LogP contribution in [0.5, 0.6) is 0 Å². The molecule has 0 saturated carbocycles. The maximum atomic E-state index is 13.1. The van der Waals surface area contributed by atoms with Gasteiger partial charge in [-0.2, -0.15) is 0 Å². The number of nitrogens with zero attached hydrogens (tertiary/aromatic N) is 3. The monoisotopic (exact) mass is 379 g/mol. The van der Waals surface area contributed by atoms with Crippen molar-refractivity contribution in [3.05, 3.63) is 70.9 Å². The lowest BCUT2D eigenvalue weighted by Crippen LogP contribution is -2.38. The quantitative estimate of drug-likeness (QED) is 0.672. The Morgan fingerprint density at radius 3 is 2.32 bits per heavy atom. The molecule has 3 aromatic rings. The Hall–Kier alpha value is -3.02. The van der Waals surface area contributed by atoms with E-state index >= 15 is 0 Å². The molecule has 28 heavy (non-hydrogen) atoms. The number of hydrogen-bond donors (Lipinski definition) is 0. The summed E-state index contributed by atoms with van der Waals surface area (Å²) in [5.74, 6) is 0.874. The third-order valence-corrected chi connectivity index (χ3v) is 5.13. The van der Waals surface area contributed by atoms with E-state index in [0.29, 0.717) is 30.4 Å². The van der Waals surface area contributed by atoms with Gasteiger partial charge in [-0.1, -0.05) is 17.2 Å². The van der Waals surface area contributed by atoms with Gasteiger partial charge in [0, 0.05) is 30.1 Å². The van der Waals surface area contributed by atoms with E-state index in [0.717, 1.165) is 29.5 Å². The molecule has 1 aliphatic heterocycles. The van der Waals surface area contributed by atoms with Crippen molar-refractivity contribution in [2.75, 3.05) is 13.1 Å². The van der Waals surface area contributed by atoms with Crippen LogP contribution in [-0.2, 0) is 0 Å². The number of aryl methyl sites for hydroxylation is 2. The first-order valence-electron chi connectivity index (χ1n) is 9.46. The van der Waals surface area contributed by atoms with Gasteiger partial charge in [-0.3, -0.25) is 4.79 Å². The summed E-state index contributed by atoms with van der Waals surface area (Å²) in [7, 11) is 0. The zero-order valence-corrected chi connectivity index (χ0v) is 16.0. The van der Waals surface area contributed by atoms with Gasteiger partial charge in [0.2, 0.25) is 11.8 Å². The maximum Gasteiger partial charge on any atom is 0.253 e. The van der Waals surface area contributed by atoms with Crippen molar-refractivity contribution in [2.45, 2.75) is 32.6 Å². The normalized spacial score (nSPS) is 15.0. The highest BCUT2D eigenvalue weighted by molar-refractivity contribution is 5.94. The van der Waals surface area contributed by atoms with Gasteiger partial charge >= 0.3 is 0 Å². The number of rotatable bonds is 3. The van der Waals surface area contributed by atoms with Crippen LogP contribution in [0, 0.1) is 19.7 Å². The standard InChI is InChI=1S/C22H22FN3O2/c1-14-11-15(2)13-18(12-14)22(27)26-9-7-17(8-10-26)21-25-24-20(28-21)16-3-5-19(23)6-4-16/h3-6,11-13,17H,7-10H2,1-2H3. The minimum absolute atomic E-state index is 0.0720. The highest BCUT2D eigenvalue weighted by atomic mass is 19.1. The van der Waals surface area contributed by atoms with Crippen LogP contribution >= 0.6 is 0 Å². The number of likely N-dealkylation sites (tertiary alicyclic amines) is 1. The minimum atomic E-state index is -0.302.